The van der Waals surface area contributed by atoms with Gasteiger partial charge in [-0.2, -0.15) is 0 Å². The minimum atomic E-state index is 0.597. The van der Waals surface area contributed by atoms with E-state index in [4.69, 9.17) is 11.5 Å². The minimum Gasteiger partial charge on any atom is -0.329 e. The lowest BCUT2D eigenvalue weighted by Crippen LogP contribution is -2.11. The average molecular weight is 226 g/mol. The van der Waals surface area contributed by atoms with E-state index >= 15 is 0 Å². The number of nitrogens with two attached hydrogens (primary N) is 2. The van der Waals surface area contributed by atoms with Crippen molar-refractivity contribution in [2.24, 2.45) is 11.5 Å². The highest BCUT2D eigenvalue weighted by Crippen LogP contribution is 2.35. The van der Waals surface area contributed by atoms with Crippen LogP contribution in [-0.2, 0) is 6.42 Å². The molecule has 0 atom stereocenters. The summed E-state index contributed by atoms with van der Waals surface area (Å²) < 4.78 is 0. The lowest BCUT2D eigenvalue weighted by molar-refractivity contribution is 0.976. The summed E-state index contributed by atoms with van der Waals surface area (Å²) in [6.07, 6.45) is 1.10. The van der Waals surface area contributed by atoms with Crippen LogP contribution in [0.15, 0.2) is 48.5 Å². The standard InChI is InChI=1S/C13H10.C2H8N2/c1-3-7-12-10(5-1)9-11-6-2-4-8-13(11)12;3-1-2-4/h1-8H,9H2;1-4H2. The van der Waals surface area contributed by atoms with Gasteiger partial charge in [-0.1, -0.05) is 48.5 Å². The Morgan fingerprint density at radius 2 is 1.12 bits per heavy atom. The summed E-state index contributed by atoms with van der Waals surface area (Å²) in [6, 6.07) is 17.3. The maximum atomic E-state index is 4.90. The van der Waals surface area contributed by atoms with Gasteiger partial charge in [-0.25, -0.2) is 0 Å². The van der Waals surface area contributed by atoms with Crippen LogP contribution in [0.2, 0.25) is 0 Å². The van der Waals surface area contributed by atoms with Gasteiger partial charge in [0.25, 0.3) is 0 Å². The third-order valence-corrected chi connectivity index (χ3v) is 2.87. The maximum Gasteiger partial charge on any atom is 0.00461 e. The highest BCUT2D eigenvalue weighted by molar-refractivity contribution is 5.76. The Hall–Kier alpha value is -1.64. The second kappa shape index (κ2) is 5.62. The molecule has 2 aromatic rings. The van der Waals surface area contributed by atoms with Crippen molar-refractivity contribution in [3.05, 3.63) is 59.7 Å². The fraction of sp³-hybridized carbons (Fsp3) is 0.200. The quantitative estimate of drug-likeness (QED) is 0.668. The summed E-state index contributed by atoms with van der Waals surface area (Å²) >= 11 is 0. The van der Waals surface area contributed by atoms with Gasteiger partial charge in [0.1, 0.15) is 0 Å². The van der Waals surface area contributed by atoms with E-state index in [1.165, 1.54) is 22.3 Å². The first-order valence-corrected chi connectivity index (χ1v) is 5.93. The largest absolute Gasteiger partial charge is 0.329 e. The van der Waals surface area contributed by atoms with Crippen molar-refractivity contribution >= 4 is 0 Å². The summed E-state index contributed by atoms with van der Waals surface area (Å²) in [5.41, 5.74) is 15.6. The van der Waals surface area contributed by atoms with Crippen molar-refractivity contribution in [1.82, 2.24) is 0 Å². The van der Waals surface area contributed by atoms with Gasteiger partial charge in [0.15, 0.2) is 0 Å². The third-order valence-electron chi connectivity index (χ3n) is 2.87. The van der Waals surface area contributed by atoms with E-state index in [1.54, 1.807) is 0 Å². The first-order chi connectivity index (χ1) is 8.36. The molecule has 0 unspecified atom stereocenters. The Morgan fingerprint density at radius 1 is 0.706 bits per heavy atom. The van der Waals surface area contributed by atoms with Crippen LogP contribution in [0.3, 0.4) is 0 Å². The number of fused-ring (bicyclic) bond motifs is 3. The molecule has 0 aromatic heterocycles. The van der Waals surface area contributed by atoms with Crippen molar-refractivity contribution in [3.63, 3.8) is 0 Å². The molecule has 2 nitrogen and oxygen atoms in total. The van der Waals surface area contributed by atoms with Crippen LogP contribution < -0.4 is 11.5 Å². The van der Waals surface area contributed by atoms with E-state index in [1.807, 2.05) is 0 Å². The lowest BCUT2D eigenvalue weighted by atomic mass is 10.1. The molecule has 17 heavy (non-hydrogen) atoms. The molecule has 4 N–H and O–H groups in total. The molecular weight excluding hydrogens is 208 g/mol. The van der Waals surface area contributed by atoms with Crippen LogP contribution >= 0.6 is 0 Å². The second-order valence-corrected chi connectivity index (χ2v) is 4.07. The van der Waals surface area contributed by atoms with Gasteiger partial charge in [-0.05, 0) is 28.7 Å². The smallest absolute Gasteiger partial charge is 0.00461 e. The van der Waals surface area contributed by atoms with E-state index in [9.17, 15) is 0 Å². The van der Waals surface area contributed by atoms with Crippen LogP contribution in [0, 0.1) is 0 Å². The predicted octanol–water partition coefficient (Wildman–Crippen LogP) is 2.16. The highest BCUT2D eigenvalue weighted by atomic mass is 14.6. The molecule has 1 aliphatic rings. The number of benzene rings is 2. The molecule has 1 aliphatic carbocycles. The molecule has 0 saturated carbocycles. The summed E-state index contributed by atoms with van der Waals surface area (Å²) in [7, 11) is 0. The maximum absolute atomic E-state index is 4.90. The van der Waals surface area contributed by atoms with Crippen molar-refractivity contribution in [2.45, 2.75) is 6.42 Å². The van der Waals surface area contributed by atoms with Crippen LogP contribution in [0.1, 0.15) is 11.1 Å². The Bertz CT molecular complexity index is 446. The Balaban J connectivity index is 0.000000239. The Morgan fingerprint density at radius 3 is 1.53 bits per heavy atom. The first kappa shape index (κ1) is 11.8. The zero-order chi connectivity index (χ0) is 12.1. The molecule has 2 heteroatoms. The number of hydrogen-bond acceptors (Lipinski definition) is 2. The summed E-state index contributed by atoms with van der Waals surface area (Å²) in [4.78, 5) is 0. The minimum absolute atomic E-state index is 0.597. The molecule has 0 spiro atoms. The predicted molar refractivity (Wildman–Crippen MR) is 72.8 cm³/mol. The average Bonchev–Trinajstić information content (AvgIpc) is 2.77. The monoisotopic (exact) mass is 226 g/mol. The molecule has 0 radical (unpaired) electrons. The molecule has 88 valence electrons. The third kappa shape index (κ3) is 2.54. The normalized spacial score (nSPS) is 11.2. The molecule has 0 aliphatic heterocycles. The molecule has 0 bridgehead atoms. The Kier molecular flexibility index (Phi) is 3.91. The molecular formula is C15H18N2. The Labute approximate surface area is 102 Å². The van der Waals surface area contributed by atoms with Gasteiger partial charge in [0.2, 0.25) is 0 Å². The van der Waals surface area contributed by atoms with Crippen LogP contribution in [0.4, 0.5) is 0 Å². The first-order valence-electron chi connectivity index (χ1n) is 5.93. The fourth-order valence-corrected chi connectivity index (χ4v) is 2.08. The van der Waals surface area contributed by atoms with Gasteiger partial charge in [-0.3, -0.25) is 0 Å². The molecule has 0 saturated heterocycles. The van der Waals surface area contributed by atoms with Gasteiger partial charge in [0, 0.05) is 13.1 Å². The van der Waals surface area contributed by atoms with Crippen LogP contribution in [0.5, 0.6) is 0 Å². The second-order valence-electron chi connectivity index (χ2n) is 4.07. The zero-order valence-electron chi connectivity index (χ0n) is 9.89. The highest BCUT2D eigenvalue weighted by Gasteiger charge is 2.15. The van der Waals surface area contributed by atoms with Crippen molar-refractivity contribution < 1.29 is 0 Å². The topological polar surface area (TPSA) is 52.0 Å². The fourth-order valence-electron chi connectivity index (χ4n) is 2.08. The van der Waals surface area contributed by atoms with E-state index < -0.39 is 0 Å². The van der Waals surface area contributed by atoms with Crippen LogP contribution in [-0.4, -0.2) is 13.1 Å². The van der Waals surface area contributed by atoms with Crippen molar-refractivity contribution in [2.75, 3.05) is 13.1 Å². The van der Waals surface area contributed by atoms with E-state index in [0.717, 1.165) is 6.42 Å². The van der Waals surface area contributed by atoms with E-state index in [-0.39, 0.29) is 0 Å². The van der Waals surface area contributed by atoms with Crippen LogP contribution in [0.25, 0.3) is 11.1 Å². The van der Waals surface area contributed by atoms with Crippen molar-refractivity contribution in [1.29, 1.82) is 0 Å². The molecule has 0 heterocycles. The van der Waals surface area contributed by atoms with E-state index in [0.29, 0.717) is 13.1 Å². The van der Waals surface area contributed by atoms with Gasteiger partial charge < -0.3 is 11.5 Å². The molecule has 0 amide bonds. The van der Waals surface area contributed by atoms with Gasteiger partial charge in [-0.15, -0.1) is 0 Å². The number of rotatable bonds is 1. The van der Waals surface area contributed by atoms with Gasteiger partial charge in [0.05, 0.1) is 0 Å². The lowest BCUT2D eigenvalue weighted by Gasteiger charge is -1.98. The SMILES string of the molecule is NCCN.c1ccc2c(c1)Cc1ccccc1-2. The molecule has 2 aromatic carbocycles. The number of hydrogen-bond donors (Lipinski definition) is 2. The summed E-state index contributed by atoms with van der Waals surface area (Å²) in [5, 5.41) is 0. The summed E-state index contributed by atoms with van der Waals surface area (Å²) in [6.45, 7) is 1.19. The molecule has 0 fully saturated rings. The van der Waals surface area contributed by atoms with Gasteiger partial charge >= 0.3 is 0 Å². The molecule has 3 rings (SSSR count). The van der Waals surface area contributed by atoms with E-state index in [2.05, 4.69) is 48.5 Å². The zero-order valence-corrected chi connectivity index (χ0v) is 9.89. The summed E-state index contributed by atoms with van der Waals surface area (Å²) in [5.74, 6) is 0. The van der Waals surface area contributed by atoms with Crippen molar-refractivity contribution in [3.8, 4) is 11.1 Å².